The fraction of sp³-hybridized carbons (Fsp3) is 0.464. The average molecular weight is 480 g/mol. The fourth-order valence-electron chi connectivity index (χ4n) is 4.91. The van der Waals surface area contributed by atoms with E-state index in [9.17, 15) is 4.79 Å². The van der Waals surface area contributed by atoms with Gasteiger partial charge >= 0.3 is 0 Å². The number of H-pyrrole nitrogens is 1. The number of benzene rings is 2. The molecule has 0 aliphatic carbocycles. The summed E-state index contributed by atoms with van der Waals surface area (Å²) in [5.74, 6) is 1.27. The molecule has 1 aromatic heterocycles. The minimum absolute atomic E-state index is 0.0489. The number of aromatic nitrogens is 1. The highest BCUT2D eigenvalue weighted by Crippen LogP contribution is 2.38. The lowest BCUT2D eigenvalue weighted by Gasteiger charge is -2.26. The minimum Gasteiger partial charge on any atom is -0.493 e. The van der Waals surface area contributed by atoms with Crippen LogP contribution in [0.4, 0.5) is 0 Å². The summed E-state index contributed by atoms with van der Waals surface area (Å²) < 4.78 is 16.4. The van der Waals surface area contributed by atoms with Gasteiger partial charge < -0.3 is 24.5 Å². The van der Waals surface area contributed by atoms with Crippen molar-refractivity contribution in [3.8, 4) is 11.5 Å². The van der Waals surface area contributed by atoms with Crippen LogP contribution in [0.3, 0.4) is 0 Å². The summed E-state index contributed by atoms with van der Waals surface area (Å²) >= 11 is 0. The summed E-state index contributed by atoms with van der Waals surface area (Å²) in [6.45, 7) is 7.33. The number of aryl methyl sites for hydroxylation is 1. The Balaban J connectivity index is 1.54. The van der Waals surface area contributed by atoms with Gasteiger partial charge in [-0.1, -0.05) is 31.2 Å². The molecule has 0 saturated carbocycles. The minimum atomic E-state index is -0.116. The van der Waals surface area contributed by atoms with E-state index in [0.717, 1.165) is 67.7 Å². The van der Waals surface area contributed by atoms with Crippen molar-refractivity contribution in [3.05, 3.63) is 59.3 Å². The van der Waals surface area contributed by atoms with Gasteiger partial charge in [-0.2, -0.15) is 0 Å². The van der Waals surface area contributed by atoms with Crippen molar-refractivity contribution >= 4 is 16.8 Å². The van der Waals surface area contributed by atoms with Crippen LogP contribution in [0, 0.1) is 0 Å². The lowest BCUT2D eigenvalue weighted by molar-refractivity contribution is -0.121. The first kappa shape index (κ1) is 25.1. The topological polar surface area (TPSA) is 75.8 Å². The average Bonchev–Trinajstić information content (AvgIpc) is 3.34. The molecule has 1 aliphatic rings. The Morgan fingerprint density at radius 1 is 1.14 bits per heavy atom. The molecule has 1 amide bonds. The summed E-state index contributed by atoms with van der Waals surface area (Å²) in [5, 5.41) is 4.30. The van der Waals surface area contributed by atoms with Crippen LogP contribution in [0.15, 0.2) is 42.6 Å². The number of amides is 1. The van der Waals surface area contributed by atoms with Crippen molar-refractivity contribution in [2.45, 2.75) is 32.1 Å². The zero-order valence-electron chi connectivity index (χ0n) is 21.1. The number of carbonyl (C=O) groups is 1. The molecule has 35 heavy (non-hydrogen) atoms. The highest BCUT2D eigenvalue weighted by Gasteiger charge is 2.23. The summed E-state index contributed by atoms with van der Waals surface area (Å²) in [7, 11) is 3.27. The number of nitrogens with one attached hydrogen (secondary N) is 2. The smallest absolute Gasteiger partial charge is 0.220 e. The number of morpholine rings is 1. The quantitative estimate of drug-likeness (QED) is 0.405. The number of ether oxygens (including phenoxy) is 3. The van der Waals surface area contributed by atoms with E-state index in [0.29, 0.717) is 24.5 Å². The first-order valence-corrected chi connectivity index (χ1v) is 12.5. The predicted molar refractivity (Wildman–Crippen MR) is 139 cm³/mol. The third kappa shape index (κ3) is 5.97. The molecular weight excluding hydrogens is 442 g/mol. The van der Waals surface area contributed by atoms with Crippen LogP contribution in [0.2, 0.25) is 0 Å². The molecule has 4 rings (SSSR count). The number of hydrogen-bond acceptors (Lipinski definition) is 5. The molecule has 2 aromatic carbocycles. The second-order valence-electron chi connectivity index (χ2n) is 8.97. The summed E-state index contributed by atoms with van der Waals surface area (Å²) in [5.41, 5.74) is 4.55. The van der Waals surface area contributed by atoms with E-state index in [1.807, 2.05) is 18.2 Å². The molecule has 7 heteroatoms. The zero-order valence-corrected chi connectivity index (χ0v) is 21.1. The largest absolute Gasteiger partial charge is 0.493 e. The predicted octanol–water partition coefficient (Wildman–Crippen LogP) is 4.11. The van der Waals surface area contributed by atoms with E-state index in [-0.39, 0.29) is 11.8 Å². The normalized spacial score (nSPS) is 15.2. The van der Waals surface area contributed by atoms with Crippen LogP contribution >= 0.6 is 0 Å². The number of nitrogens with zero attached hydrogens (tertiary/aromatic N) is 1. The fourth-order valence-corrected chi connectivity index (χ4v) is 4.91. The number of hydrogen-bond donors (Lipinski definition) is 2. The van der Waals surface area contributed by atoms with Crippen molar-refractivity contribution in [1.82, 2.24) is 15.2 Å². The Morgan fingerprint density at radius 3 is 2.69 bits per heavy atom. The zero-order chi connectivity index (χ0) is 24.6. The third-order valence-electron chi connectivity index (χ3n) is 6.87. The van der Waals surface area contributed by atoms with Gasteiger partial charge in [0.05, 0.1) is 27.4 Å². The van der Waals surface area contributed by atoms with Gasteiger partial charge in [0.1, 0.15) is 0 Å². The monoisotopic (exact) mass is 479 g/mol. The first-order valence-electron chi connectivity index (χ1n) is 12.5. The molecule has 1 atom stereocenters. The van der Waals surface area contributed by atoms with E-state index in [1.165, 1.54) is 5.56 Å². The van der Waals surface area contributed by atoms with Crippen LogP contribution in [-0.4, -0.2) is 69.4 Å². The van der Waals surface area contributed by atoms with Gasteiger partial charge in [-0.15, -0.1) is 0 Å². The molecule has 1 fully saturated rings. The Hall–Kier alpha value is -3.03. The molecular formula is C28H37N3O4. The molecule has 188 valence electrons. The highest BCUT2D eigenvalue weighted by molar-refractivity contribution is 5.88. The summed E-state index contributed by atoms with van der Waals surface area (Å²) in [6.07, 6.45) is 4.29. The van der Waals surface area contributed by atoms with Gasteiger partial charge in [-0.3, -0.25) is 9.69 Å². The number of rotatable bonds is 11. The van der Waals surface area contributed by atoms with Crippen molar-refractivity contribution < 1.29 is 19.0 Å². The second-order valence-corrected chi connectivity index (χ2v) is 8.97. The molecule has 1 saturated heterocycles. The molecule has 0 radical (unpaired) electrons. The van der Waals surface area contributed by atoms with Crippen LogP contribution < -0.4 is 14.8 Å². The van der Waals surface area contributed by atoms with Gasteiger partial charge in [-0.25, -0.2) is 0 Å². The SMILES string of the molecule is CCc1cccc2c(C(CC(=O)NCCCN3CCOCC3)c3ccc(OC)c(OC)c3)c[nH]c12. The van der Waals surface area contributed by atoms with Gasteiger partial charge in [0.25, 0.3) is 0 Å². The van der Waals surface area contributed by atoms with Gasteiger partial charge in [-0.05, 0) is 48.2 Å². The molecule has 1 unspecified atom stereocenters. The molecule has 1 aliphatic heterocycles. The maximum Gasteiger partial charge on any atom is 0.220 e. The second kappa shape index (κ2) is 12.1. The van der Waals surface area contributed by atoms with Gasteiger partial charge in [0, 0.05) is 49.1 Å². The number of para-hydroxylation sites is 1. The van der Waals surface area contributed by atoms with Crippen molar-refractivity contribution in [2.24, 2.45) is 0 Å². The van der Waals surface area contributed by atoms with E-state index >= 15 is 0 Å². The molecule has 2 heterocycles. The van der Waals surface area contributed by atoms with Crippen molar-refractivity contribution in [1.29, 1.82) is 0 Å². The Labute approximate surface area is 207 Å². The maximum absolute atomic E-state index is 13.1. The maximum atomic E-state index is 13.1. The molecule has 7 nitrogen and oxygen atoms in total. The lowest BCUT2D eigenvalue weighted by Crippen LogP contribution is -2.38. The van der Waals surface area contributed by atoms with Gasteiger partial charge in [0.2, 0.25) is 5.91 Å². The van der Waals surface area contributed by atoms with E-state index < -0.39 is 0 Å². The van der Waals surface area contributed by atoms with Crippen molar-refractivity contribution in [3.63, 3.8) is 0 Å². The van der Waals surface area contributed by atoms with Crippen LogP contribution in [-0.2, 0) is 16.0 Å². The standard InChI is InChI=1S/C28H37N3O4/c1-4-20-7-5-8-22-24(19-30-28(20)22)23(21-9-10-25(33-2)26(17-21)34-3)18-27(32)29-11-6-12-31-13-15-35-16-14-31/h5,7-10,17,19,23,30H,4,6,11-16,18H2,1-3H3,(H,29,32). The molecule has 2 N–H and O–H groups in total. The molecule has 0 bridgehead atoms. The van der Waals surface area contributed by atoms with E-state index in [4.69, 9.17) is 14.2 Å². The Kier molecular flexibility index (Phi) is 8.66. The Morgan fingerprint density at radius 2 is 1.94 bits per heavy atom. The van der Waals surface area contributed by atoms with Crippen LogP contribution in [0.25, 0.3) is 10.9 Å². The van der Waals surface area contributed by atoms with E-state index in [2.05, 4.69) is 46.5 Å². The highest BCUT2D eigenvalue weighted by atomic mass is 16.5. The molecule has 0 spiro atoms. The van der Waals surface area contributed by atoms with Crippen LogP contribution in [0.1, 0.15) is 42.4 Å². The summed E-state index contributed by atoms with van der Waals surface area (Å²) in [6, 6.07) is 12.3. The number of carbonyl (C=O) groups excluding carboxylic acids is 1. The number of aromatic amines is 1. The lowest BCUT2D eigenvalue weighted by atomic mass is 9.87. The van der Waals surface area contributed by atoms with Gasteiger partial charge in [0.15, 0.2) is 11.5 Å². The number of fused-ring (bicyclic) bond motifs is 1. The molecule has 3 aromatic rings. The van der Waals surface area contributed by atoms with Crippen LogP contribution in [0.5, 0.6) is 11.5 Å². The number of methoxy groups -OCH3 is 2. The summed E-state index contributed by atoms with van der Waals surface area (Å²) in [4.78, 5) is 19.0. The van der Waals surface area contributed by atoms with Crippen molar-refractivity contribution in [2.75, 3.05) is 53.6 Å². The third-order valence-corrected chi connectivity index (χ3v) is 6.87. The Bertz CT molecular complexity index is 1120. The first-order chi connectivity index (χ1) is 17.1. The van der Waals surface area contributed by atoms with E-state index in [1.54, 1.807) is 14.2 Å².